The van der Waals surface area contributed by atoms with E-state index in [1.165, 1.54) is 24.5 Å². The maximum Gasteiger partial charge on any atom is 0.243 e. The number of methoxy groups -OCH3 is 1. The zero-order chi connectivity index (χ0) is 28.4. The summed E-state index contributed by atoms with van der Waals surface area (Å²) in [5.41, 5.74) is 2.98. The Morgan fingerprint density at radius 1 is 1.23 bits per heavy atom. The summed E-state index contributed by atoms with van der Waals surface area (Å²) in [6.45, 7) is 5.58. The molecule has 4 aromatic heterocycles. The second-order valence-electron chi connectivity index (χ2n) is 9.02. The topological polar surface area (TPSA) is 107 Å². The van der Waals surface area contributed by atoms with Crippen LogP contribution in [0.5, 0.6) is 5.75 Å². The molecule has 1 atom stereocenters. The average Bonchev–Trinajstić information content (AvgIpc) is 3.69. The van der Waals surface area contributed by atoms with E-state index in [0.29, 0.717) is 38.7 Å². The molecule has 206 valence electrons. The normalized spacial score (nSPS) is 12.0. The summed E-state index contributed by atoms with van der Waals surface area (Å²) in [5, 5.41) is 12.8. The quantitative estimate of drug-likeness (QED) is 0.173. The predicted molar refractivity (Wildman–Crippen MR) is 149 cm³/mol. The number of aromatic amines is 1. The van der Waals surface area contributed by atoms with Crippen molar-refractivity contribution in [1.29, 1.82) is 0 Å². The second kappa shape index (κ2) is 11.4. The SMILES string of the molecule is C=CC(=O)N[C@@H](C)c1cc(-c2nc(-c3cn(C)cn3)c3ccsc3c2-c2c(F)cc(F)cc2OCCOC)n[nH]1. The van der Waals surface area contributed by atoms with Crippen molar-refractivity contribution >= 4 is 27.3 Å². The van der Waals surface area contributed by atoms with Gasteiger partial charge in [-0.1, -0.05) is 6.58 Å². The van der Waals surface area contributed by atoms with E-state index in [2.05, 4.69) is 27.1 Å². The molecule has 0 aliphatic rings. The summed E-state index contributed by atoms with van der Waals surface area (Å²) in [6.07, 6.45) is 4.68. The fourth-order valence-electron chi connectivity index (χ4n) is 4.34. The number of carbonyl (C=O) groups is 1. The number of benzene rings is 1. The zero-order valence-corrected chi connectivity index (χ0v) is 22.8. The van der Waals surface area contributed by atoms with E-state index in [4.69, 9.17) is 14.5 Å². The summed E-state index contributed by atoms with van der Waals surface area (Å²) in [7, 11) is 3.37. The molecule has 1 amide bonds. The number of aryl methyl sites for hydroxylation is 1. The molecule has 0 unspecified atom stereocenters. The van der Waals surface area contributed by atoms with Crippen molar-refractivity contribution in [3.63, 3.8) is 0 Å². The lowest BCUT2D eigenvalue weighted by atomic mass is 9.97. The van der Waals surface area contributed by atoms with Gasteiger partial charge in [0.05, 0.1) is 35.9 Å². The summed E-state index contributed by atoms with van der Waals surface area (Å²) in [6, 6.07) is 5.16. The monoisotopic (exact) mass is 564 g/mol. The zero-order valence-electron chi connectivity index (χ0n) is 22.0. The molecule has 0 radical (unpaired) electrons. The van der Waals surface area contributed by atoms with Crippen LogP contribution in [0.25, 0.3) is 44.0 Å². The first-order valence-corrected chi connectivity index (χ1v) is 13.2. The minimum atomic E-state index is -0.807. The van der Waals surface area contributed by atoms with E-state index >= 15 is 4.39 Å². The maximum absolute atomic E-state index is 15.7. The standard InChI is InChI=1S/C28H26F2N6O3S/c1-5-23(37)32-15(2)19-12-20(35-34-19)27-25(24-18(30)10-16(29)11-22(24)39-8-7-38-4)28-17(6-9-40-28)26(33-27)21-13-36(3)14-31-21/h5-6,9-15H,1,7-8H2,2-4H3,(H,32,37)(H,34,35)/t15-/m0/s1. The van der Waals surface area contributed by atoms with Gasteiger partial charge in [0.25, 0.3) is 0 Å². The van der Waals surface area contributed by atoms with E-state index in [0.717, 1.165) is 17.5 Å². The number of aromatic nitrogens is 5. The van der Waals surface area contributed by atoms with E-state index < -0.39 is 17.7 Å². The molecular formula is C28H26F2N6O3S. The largest absolute Gasteiger partial charge is 0.490 e. The van der Waals surface area contributed by atoms with Crippen LogP contribution in [0.15, 0.2) is 54.8 Å². The van der Waals surface area contributed by atoms with E-state index in [1.54, 1.807) is 23.9 Å². The smallest absolute Gasteiger partial charge is 0.243 e. The fourth-order valence-corrected chi connectivity index (χ4v) is 5.29. The molecule has 5 rings (SSSR count). The van der Waals surface area contributed by atoms with Crippen molar-refractivity contribution in [1.82, 2.24) is 30.0 Å². The minimum Gasteiger partial charge on any atom is -0.490 e. The lowest BCUT2D eigenvalue weighted by molar-refractivity contribution is -0.117. The molecule has 40 heavy (non-hydrogen) atoms. The van der Waals surface area contributed by atoms with E-state index in [9.17, 15) is 9.18 Å². The number of hydrogen-bond donors (Lipinski definition) is 2. The van der Waals surface area contributed by atoms with Crippen molar-refractivity contribution in [3.05, 3.63) is 72.2 Å². The van der Waals surface area contributed by atoms with Crippen molar-refractivity contribution in [3.8, 4) is 39.7 Å². The Hall–Kier alpha value is -4.42. The van der Waals surface area contributed by atoms with Crippen LogP contribution in [0.3, 0.4) is 0 Å². The molecule has 0 saturated carbocycles. The predicted octanol–water partition coefficient (Wildman–Crippen LogP) is 5.42. The molecule has 5 aromatic rings. The van der Waals surface area contributed by atoms with Gasteiger partial charge in [-0.2, -0.15) is 5.10 Å². The molecule has 12 heteroatoms. The molecule has 0 bridgehead atoms. The van der Waals surface area contributed by atoms with Gasteiger partial charge < -0.3 is 19.4 Å². The van der Waals surface area contributed by atoms with Gasteiger partial charge in [-0.15, -0.1) is 11.3 Å². The Morgan fingerprint density at radius 3 is 2.77 bits per heavy atom. The van der Waals surface area contributed by atoms with Gasteiger partial charge >= 0.3 is 0 Å². The number of pyridine rings is 1. The van der Waals surface area contributed by atoms with E-state index in [-0.39, 0.29) is 30.4 Å². The van der Waals surface area contributed by atoms with E-state index in [1.807, 2.05) is 24.7 Å². The molecule has 0 aliphatic heterocycles. The molecule has 2 N–H and O–H groups in total. The third-order valence-electron chi connectivity index (χ3n) is 6.22. The summed E-state index contributed by atoms with van der Waals surface area (Å²) in [5.74, 6) is -1.91. The summed E-state index contributed by atoms with van der Waals surface area (Å²) < 4.78 is 43.5. The Kier molecular flexibility index (Phi) is 7.71. The fraction of sp³-hybridized carbons (Fsp3) is 0.214. The molecule has 1 aromatic carbocycles. The van der Waals surface area contributed by atoms with Crippen molar-refractivity contribution in [2.75, 3.05) is 20.3 Å². The Bertz CT molecular complexity index is 1710. The number of H-pyrrole nitrogens is 1. The van der Waals surface area contributed by atoms with Crippen molar-refractivity contribution in [2.24, 2.45) is 7.05 Å². The molecule has 0 saturated heterocycles. The third-order valence-corrected chi connectivity index (χ3v) is 7.15. The molecule has 0 fully saturated rings. The number of rotatable bonds is 10. The number of ether oxygens (including phenoxy) is 2. The number of imidazole rings is 1. The number of carbonyl (C=O) groups excluding carboxylic acids is 1. The number of hydrogen-bond acceptors (Lipinski definition) is 7. The van der Waals surface area contributed by atoms with Crippen LogP contribution in [-0.2, 0) is 16.6 Å². The molecular weight excluding hydrogens is 538 g/mol. The lowest BCUT2D eigenvalue weighted by Gasteiger charge is -2.17. The van der Waals surface area contributed by atoms with Gasteiger partial charge in [0.1, 0.15) is 41.1 Å². The van der Waals surface area contributed by atoms with Crippen molar-refractivity contribution < 1.29 is 23.0 Å². The van der Waals surface area contributed by atoms with Gasteiger partial charge in [-0.05, 0) is 30.5 Å². The van der Waals surface area contributed by atoms with Crippen molar-refractivity contribution in [2.45, 2.75) is 13.0 Å². The second-order valence-corrected chi connectivity index (χ2v) is 9.93. The van der Waals surface area contributed by atoms with Crippen LogP contribution in [0.4, 0.5) is 8.78 Å². The van der Waals surface area contributed by atoms with Crippen LogP contribution in [0.1, 0.15) is 18.7 Å². The van der Waals surface area contributed by atoms with Gasteiger partial charge in [0.2, 0.25) is 5.91 Å². The van der Waals surface area contributed by atoms with Crippen LogP contribution in [-0.4, -0.2) is 51.0 Å². The molecule has 4 heterocycles. The minimum absolute atomic E-state index is 0.0141. The first-order chi connectivity index (χ1) is 19.3. The van der Waals surface area contributed by atoms with Crippen LogP contribution in [0, 0.1) is 11.6 Å². The van der Waals surface area contributed by atoms with Gasteiger partial charge in [-0.25, -0.2) is 18.7 Å². The average molecular weight is 565 g/mol. The Labute approximate surface area is 232 Å². The highest BCUT2D eigenvalue weighted by atomic mass is 32.1. The highest BCUT2D eigenvalue weighted by molar-refractivity contribution is 7.18. The summed E-state index contributed by atoms with van der Waals surface area (Å²) in [4.78, 5) is 21.3. The van der Waals surface area contributed by atoms with Crippen LogP contribution >= 0.6 is 11.3 Å². The highest BCUT2D eigenvalue weighted by Crippen LogP contribution is 2.46. The van der Waals surface area contributed by atoms with Crippen LogP contribution < -0.4 is 10.1 Å². The van der Waals surface area contributed by atoms with Gasteiger partial charge in [-0.3, -0.25) is 9.89 Å². The number of fused-ring (bicyclic) bond motifs is 1. The summed E-state index contributed by atoms with van der Waals surface area (Å²) >= 11 is 1.39. The molecule has 0 spiro atoms. The molecule has 9 nitrogen and oxygen atoms in total. The number of amides is 1. The van der Waals surface area contributed by atoms with Crippen LogP contribution in [0.2, 0.25) is 0 Å². The Balaban J connectivity index is 1.77. The first kappa shape index (κ1) is 27.2. The Morgan fingerprint density at radius 2 is 2.05 bits per heavy atom. The third kappa shape index (κ3) is 5.23. The number of nitrogens with one attached hydrogen (secondary N) is 2. The number of nitrogens with zero attached hydrogens (tertiary/aromatic N) is 4. The maximum atomic E-state index is 15.7. The highest BCUT2D eigenvalue weighted by Gasteiger charge is 2.27. The first-order valence-electron chi connectivity index (χ1n) is 12.3. The number of thiophene rings is 1. The lowest BCUT2D eigenvalue weighted by Crippen LogP contribution is -2.24. The van der Waals surface area contributed by atoms with Gasteiger partial charge in [0, 0.05) is 48.1 Å². The molecule has 0 aliphatic carbocycles. The van der Waals surface area contributed by atoms with Gasteiger partial charge in [0.15, 0.2) is 0 Å². The number of halogens is 2.